The molecule has 2 heterocycles. The molecule has 1 aliphatic rings. The van der Waals surface area contributed by atoms with Crippen molar-refractivity contribution in [2.45, 2.75) is 43.2 Å². The summed E-state index contributed by atoms with van der Waals surface area (Å²) in [4.78, 5) is 15.4. The molecule has 2 atom stereocenters. The summed E-state index contributed by atoms with van der Waals surface area (Å²) in [5.41, 5.74) is 2.26. The molecule has 11 heteroatoms. The molecule has 1 aromatic heterocycles. The Bertz CT molecular complexity index is 1230. The SMILES string of the molecule is CCSc1ccc(C(CO)NC(=O)c2ccc3c(c2)cc(CN2CCOCC2C(F)(F)F)n3CCF)cc1. The minimum absolute atomic E-state index is 0.00962. The number of carbonyl (C=O) groups excluding carboxylic acids is 1. The van der Waals surface area contributed by atoms with Gasteiger partial charge in [0.2, 0.25) is 0 Å². The van der Waals surface area contributed by atoms with E-state index in [0.29, 0.717) is 22.2 Å². The average Bonchev–Trinajstić information content (AvgIpc) is 3.23. The fraction of sp³-hybridized carbons (Fsp3) is 0.444. The van der Waals surface area contributed by atoms with Crippen LogP contribution in [0.4, 0.5) is 17.6 Å². The maximum Gasteiger partial charge on any atom is 0.406 e. The van der Waals surface area contributed by atoms with Crippen LogP contribution in [0, 0.1) is 0 Å². The van der Waals surface area contributed by atoms with E-state index in [0.717, 1.165) is 16.2 Å². The third-order valence-corrected chi connectivity index (χ3v) is 7.52. The van der Waals surface area contributed by atoms with E-state index in [1.54, 1.807) is 40.6 Å². The fourth-order valence-corrected chi connectivity index (χ4v) is 5.39. The summed E-state index contributed by atoms with van der Waals surface area (Å²) in [5.74, 6) is 0.537. The van der Waals surface area contributed by atoms with Gasteiger partial charge in [-0.15, -0.1) is 11.8 Å². The molecule has 1 amide bonds. The van der Waals surface area contributed by atoms with Crippen molar-refractivity contribution in [1.82, 2.24) is 14.8 Å². The van der Waals surface area contributed by atoms with Crippen LogP contribution < -0.4 is 5.32 Å². The maximum absolute atomic E-state index is 13.5. The van der Waals surface area contributed by atoms with Crippen LogP contribution in [0.15, 0.2) is 53.4 Å². The Labute approximate surface area is 222 Å². The Morgan fingerprint density at radius 1 is 1.21 bits per heavy atom. The van der Waals surface area contributed by atoms with Crippen LogP contribution in [0.1, 0.15) is 34.6 Å². The number of aromatic nitrogens is 1. The predicted molar refractivity (Wildman–Crippen MR) is 139 cm³/mol. The highest BCUT2D eigenvalue weighted by atomic mass is 32.2. The van der Waals surface area contributed by atoms with Gasteiger partial charge in [-0.05, 0) is 47.7 Å². The van der Waals surface area contributed by atoms with Crippen molar-refractivity contribution in [3.8, 4) is 0 Å². The molecule has 1 saturated heterocycles. The molecular weight excluding hydrogens is 522 g/mol. The van der Waals surface area contributed by atoms with Gasteiger partial charge < -0.3 is 19.7 Å². The van der Waals surface area contributed by atoms with E-state index in [4.69, 9.17) is 4.74 Å². The summed E-state index contributed by atoms with van der Waals surface area (Å²) in [6, 6.07) is 11.9. The summed E-state index contributed by atoms with van der Waals surface area (Å²) in [6.07, 6.45) is -4.44. The first kappa shape index (κ1) is 28.4. The topological polar surface area (TPSA) is 66.7 Å². The molecule has 0 aliphatic carbocycles. The molecule has 1 aliphatic heterocycles. The van der Waals surface area contributed by atoms with Gasteiger partial charge in [-0.25, -0.2) is 4.39 Å². The average molecular weight is 554 g/mol. The molecule has 2 aromatic carbocycles. The summed E-state index contributed by atoms with van der Waals surface area (Å²) >= 11 is 1.69. The van der Waals surface area contributed by atoms with Crippen LogP contribution in [0.3, 0.4) is 0 Å². The third kappa shape index (κ3) is 6.51. The van der Waals surface area contributed by atoms with Gasteiger partial charge in [0.05, 0.1) is 32.4 Å². The summed E-state index contributed by atoms with van der Waals surface area (Å²) in [5, 5.41) is 13.4. The zero-order chi connectivity index (χ0) is 27.3. The van der Waals surface area contributed by atoms with Crippen molar-refractivity contribution >= 4 is 28.6 Å². The Kier molecular flexibility index (Phi) is 9.35. The van der Waals surface area contributed by atoms with Crippen LogP contribution in [-0.4, -0.2) is 71.5 Å². The second-order valence-corrected chi connectivity index (χ2v) is 10.4. The van der Waals surface area contributed by atoms with E-state index < -0.39 is 37.4 Å². The number of benzene rings is 2. The molecule has 2 N–H and O–H groups in total. The summed E-state index contributed by atoms with van der Waals surface area (Å²) < 4.78 is 60.8. The minimum Gasteiger partial charge on any atom is -0.394 e. The molecule has 6 nitrogen and oxygen atoms in total. The van der Waals surface area contributed by atoms with E-state index >= 15 is 0 Å². The van der Waals surface area contributed by atoms with Crippen molar-refractivity contribution in [3.05, 3.63) is 65.4 Å². The molecular formula is C27H31F4N3O3S. The lowest BCUT2D eigenvalue weighted by Crippen LogP contribution is -2.53. The molecule has 0 spiro atoms. The lowest BCUT2D eigenvalue weighted by Gasteiger charge is -2.36. The van der Waals surface area contributed by atoms with Gasteiger partial charge in [0, 0.05) is 40.1 Å². The largest absolute Gasteiger partial charge is 0.406 e. The molecule has 0 radical (unpaired) electrons. The van der Waals surface area contributed by atoms with Crippen LogP contribution in [0.5, 0.6) is 0 Å². The lowest BCUT2D eigenvalue weighted by atomic mass is 10.1. The van der Waals surface area contributed by atoms with Crippen LogP contribution in [0.25, 0.3) is 10.9 Å². The molecule has 0 bridgehead atoms. The summed E-state index contributed by atoms with van der Waals surface area (Å²) in [7, 11) is 0. The number of rotatable bonds is 10. The third-order valence-electron chi connectivity index (χ3n) is 6.62. The highest BCUT2D eigenvalue weighted by molar-refractivity contribution is 7.99. The second kappa shape index (κ2) is 12.5. The first-order valence-electron chi connectivity index (χ1n) is 12.5. The lowest BCUT2D eigenvalue weighted by molar-refractivity contribution is -0.213. The predicted octanol–water partition coefficient (Wildman–Crippen LogP) is 4.95. The minimum atomic E-state index is -4.44. The van der Waals surface area contributed by atoms with Crippen molar-refractivity contribution in [1.29, 1.82) is 0 Å². The first-order chi connectivity index (χ1) is 18.2. The molecule has 3 aromatic rings. The van der Waals surface area contributed by atoms with Crippen molar-refractivity contribution in [2.75, 3.05) is 38.8 Å². The Balaban J connectivity index is 1.56. The molecule has 0 saturated carbocycles. The highest BCUT2D eigenvalue weighted by Gasteiger charge is 2.45. The summed E-state index contributed by atoms with van der Waals surface area (Å²) in [6.45, 7) is 0.908. The zero-order valence-electron chi connectivity index (χ0n) is 21.0. The number of nitrogens with one attached hydrogen (secondary N) is 1. The normalized spacial score (nSPS) is 17.6. The number of carbonyl (C=O) groups is 1. The number of morpholine rings is 1. The van der Waals surface area contributed by atoms with Gasteiger partial charge in [-0.3, -0.25) is 9.69 Å². The van der Waals surface area contributed by atoms with Gasteiger partial charge in [0.1, 0.15) is 12.7 Å². The number of fused-ring (bicyclic) bond motifs is 1. The molecule has 2 unspecified atom stereocenters. The number of amides is 1. The highest BCUT2D eigenvalue weighted by Crippen LogP contribution is 2.30. The Hall–Kier alpha value is -2.60. The number of alkyl halides is 4. The standard InChI is InChI=1S/C27H31F4N3O3S/c1-2-38-22-6-3-18(4-7-22)23(16-35)32-26(36)19-5-8-24-20(13-19)14-21(34(24)10-9-28)15-33-11-12-37-17-25(33)27(29,30)31/h3-8,13-14,23,25,35H,2,9-12,15-17H2,1H3,(H,32,36). The number of halogens is 4. The van der Waals surface area contributed by atoms with Gasteiger partial charge in [-0.1, -0.05) is 19.1 Å². The van der Waals surface area contributed by atoms with Gasteiger partial charge in [0.15, 0.2) is 0 Å². The van der Waals surface area contributed by atoms with Crippen LogP contribution in [0.2, 0.25) is 0 Å². The van der Waals surface area contributed by atoms with Gasteiger partial charge >= 0.3 is 6.18 Å². The Morgan fingerprint density at radius 3 is 2.63 bits per heavy atom. The molecule has 4 rings (SSSR count). The number of ether oxygens (including phenoxy) is 1. The molecule has 38 heavy (non-hydrogen) atoms. The second-order valence-electron chi connectivity index (χ2n) is 9.06. The van der Waals surface area contributed by atoms with Crippen molar-refractivity contribution in [2.24, 2.45) is 0 Å². The van der Waals surface area contributed by atoms with E-state index in [2.05, 4.69) is 12.2 Å². The van der Waals surface area contributed by atoms with Gasteiger partial charge in [0.25, 0.3) is 5.91 Å². The number of thioether (sulfide) groups is 1. The van der Waals surface area contributed by atoms with E-state index in [9.17, 15) is 27.5 Å². The monoisotopic (exact) mass is 553 g/mol. The quantitative estimate of drug-likeness (QED) is 0.275. The van der Waals surface area contributed by atoms with Crippen molar-refractivity contribution < 1.29 is 32.2 Å². The number of hydrogen-bond acceptors (Lipinski definition) is 5. The number of aryl methyl sites for hydroxylation is 1. The van der Waals surface area contributed by atoms with E-state index in [1.165, 1.54) is 4.90 Å². The van der Waals surface area contributed by atoms with Crippen molar-refractivity contribution in [3.63, 3.8) is 0 Å². The molecule has 206 valence electrons. The molecule has 1 fully saturated rings. The van der Waals surface area contributed by atoms with E-state index in [-0.39, 0.29) is 32.8 Å². The first-order valence-corrected chi connectivity index (χ1v) is 13.4. The van der Waals surface area contributed by atoms with Gasteiger partial charge in [-0.2, -0.15) is 13.2 Å². The number of aliphatic hydroxyl groups is 1. The number of hydrogen-bond donors (Lipinski definition) is 2. The number of aliphatic hydroxyl groups excluding tert-OH is 1. The maximum atomic E-state index is 13.5. The smallest absolute Gasteiger partial charge is 0.394 e. The number of nitrogens with zero attached hydrogens (tertiary/aromatic N) is 2. The Morgan fingerprint density at radius 2 is 1.97 bits per heavy atom. The van der Waals surface area contributed by atoms with Crippen LogP contribution in [-0.2, 0) is 17.8 Å². The van der Waals surface area contributed by atoms with E-state index in [1.807, 2.05) is 24.3 Å². The van der Waals surface area contributed by atoms with Crippen LogP contribution >= 0.6 is 11.8 Å². The zero-order valence-corrected chi connectivity index (χ0v) is 21.8. The fourth-order valence-electron chi connectivity index (χ4n) is 4.72.